The van der Waals surface area contributed by atoms with Crippen molar-refractivity contribution in [2.75, 3.05) is 36.0 Å². The van der Waals surface area contributed by atoms with Gasteiger partial charge in [-0.15, -0.1) is 0 Å². The lowest BCUT2D eigenvalue weighted by molar-refractivity contribution is 0.103. The molecule has 87 heavy (non-hydrogen) atoms. The molecule has 21 heteroatoms. The summed E-state index contributed by atoms with van der Waals surface area (Å²) >= 11 is 0. The highest BCUT2D eigenvalue weighted by molar-refractivity contribution is 6.11. The van der Waals surface area contributed by atoms with Gasteiger partial charge in [0.25, 0.3) is 0 Å². The number of anilines is 2. The number of rotatable bonds is 11. The molecule has 0 amide bonds. The average molecular weight is 1190 g/mol. The third-order valence-electron chi connectivity index (χ3n) is 15.3. The summed E-state index contributed by atoms with van der Waals surface area (Å²) in [6.45, 7) is 10.2. The minimum atomic E-state index is -2.40. The zero-order chi connectivity index (χ0) is 61.4. The Bertz CT molecular complexity index is 5040. The molecule has 5 aromatic carbocycles. The Morgan fingerprint density at radius 1 is 0.448 bits per heavy atom. The largest absolute Gasteiger partial charge is 0.422 e. The van der Waals surface area contributed by atoms with Gasteiger partial charge >= 0.3 is 11.3 Å². The van der Waals surface area contributed by atoms with Crippen LogP contribution in [0, 0.1) is 70.0 Å². The van der Waals surface area contributed by atoms with Gasteiger partial charge in [0, 0.05) is 110 Å². The molecular weight excluding hydrogens is 1150 g/mol. The van der Waals surface area contributed by atoms with Crippen molar-refractivity contribution in [2.45, 2.75) is 27.7 Å². The predicted octanol–water partition coefficient (Wildman–Crippen LogP) is 15.6. The minimum Gasteiger partial charge on any atom is -0.422 e. The van der Waals surface area contributed by atoms with Gasteiger partial charge in [-0.25, -0.2) is 58.5 Å². The van der Waals surface area contributed by atoms with E-state index in [2.05, 4.69) is 36.7 Å². The highest BCUT2D eigenvalue weighted by Crippen LogP contribution is 2.41. The van der Waals surface area contributed by atoms with Crippen LogP contribution in [0.1, 0.15) is 66.1 Å². The lowest BCUT2D eigenvalue weighted by Gasteiger charge is -2.23. The fourth-order valence-electron chi connectivity index (χ4n) is 10.9. The van der Waals surface area contributed by atoms with Crippen molar-refractivity contribution in [3.8, 4) is 45.2 Å². The number of carbonyl (C=O) groups is 1. The van der Waals surface area contributed by atoms with Crippen molar-refractivity contribution in [1.82, 2.24) is 19.9 Å². The Balaban J connectivity index is 1.02. The molecule has 0 fully saturated rings. The number of aromatic nitrogens is 4. The molecule has 0 atom stereocenters. The fraction of sp³-hybridized carbons (Fsp3) is 0.121. The number of carbonyl (C=O) groups excluding carboxylic acids is 1. The van der Waals surface area contributed by atoms with Crippen molar-refractivity contribution in [3.63, 3.8) is 0 Å². The number of fused-ring (bicyclic) bond motifs is 11. The van der Waals surface area contributed by atoms with Crippen molar-refractivity contribution < 1.29 is 57.5 Å². The molecule has 1 aliphatic rings. The summed E-state index contributed by atoms with van der Waals surface area (Å²) in [6, 6.07) is 25.7. The average Bonchev–Trinajstić information content (AvgIpc) is 1.93. The zero-order valence-electron chi connectivity index (χ0n) is 46.0. The van der Waals surface area contributed by atoms with Crippen LogP contribution in [0.4, 0.5) is 55.3 Å². The van der Waals surface area contributed by atoms with E-state index in [9.17, 15) is 23.2 Å². The van der Waals surface area contributed by atoms with E-state index in [0.717, 1.165) is 5.69 Å². The number of nitrogens with zero attached hydrogens (tertiary/aromatic N) is 3. The maximum atomic E-state index is 16.0. The second-order valence-corrected chi connectivity index (χ2v) is 20.1. The molecule has 0 aliphatic carbocycles. The molecule has 7 heterocycles. The number of H-pyrrole nitrogens is 3. The van der Waals surface area contributed by atoms with Gasteiger partial charge < -0.3 is 33.6 Å². The topological polar surface area (TPSA) is 144 Å². The van der Waals surface area contributed by atoms with Crippen LogP contribution < -0.4 is 21.1 Å². The van der Waals surface area contributed by atoms with Crippen LogP contribution in [0.2, 0.25) is 0 Å². The van der Waals surface area contributed by atoms with Gasteiger partial charge in [0.15, 0.2) is 46.5 Å². The minimum absolute atomic E-state index is 0.0308. The molecule has 1 aliphatic heterocycles. The molecule has 0 spiro atoms. The Morgan fingerprint density at radius 2 is 0.897 bits per heavy atom. The summed E-state index contributed by atoms with van der Waals surface area (Å²) in [5.74, 6) is -17.0. The Labute approximate surface area is 484 Å². The molecule has 6 aromatic heterocycles. The lowest BCUT2D eigenvalue weighted by atomic mass is 10.0. The molecule has 3 N–H and O–H groups in total. The van der Waals surface area contributed by atoms with E-state index in [-0.39, 0.29) is 66.8 Å². The van der Waals surface area contributed by atoms with Crippen LogP contribution in [0.15, 0.2) is 122 Å². The normalized spacial score (nSPS) is 11.7. The number of hydrogen-bond donors (Lipinski definition) is 3. The van der Waals surface area contributed by atoms with Crippen molar-refractivity contribution in [1.29, 1.82) is 0 Å². The van der Waals surface area contributed by atoms with Gasteiger partial charge in [-0.1, -0.05) is 24.0 Å². The first-order valence-corrected chi connectivity index (χ1v) is 27.1. The SMILES string of the molecule is CCN(CC)c1ccc2cc(C(=O)c3cc4cc(C#Cc5ccc(-c6c7ccc([nH]7)c(-c7c(F)c(F)c(F)c(F)c7F)c7nc(c8ccc([nH]8)c(-c8c(F)c(F)c(F)c(F)c8F)c8ccc6[nH]8)C=C7)cc5)c(N(CC)CC)cc4oc3=O)c(=O)oc2c1. The summed E-state index contributed by atoms with van der Waals surface area (Å²) < 4.78 is 165. The smallest absolute Gasteiger partial charge is 0.347 e. The molecule has 0 saturated heterocycles. The van der Waals surface area contributed by atoms with Gasteiger partial charge in [0.1, 0.15) is 22.3 Å². The van der Waals surface area contributed by atoms with E-state index in [4.69, 9.17) is 8.83 Å². The maximum absolute atomic E-state index is 16.0. The summed E-state index contributed by atoms with van der Waals surface area (Å²) in [6.07, 6.45) is 2.53. The number of nitrogens with one attached hydrogen (secondary N) is 3. The van der Waals surface area contributed by atoms with Gasteiger partial charge in [0.05, 0.1) is 33.7 Å². The number of hydrogen-bond acceptors (Lipinski definition) is 8. The molecule has 8 bridgehead atoms. The molecule has 0 radical (unpaired) electrons. The predicted molar refractivity (Wildman–Crippen MR) is 313 cm³/mol. The summed E-state index contributed by atoms with van der Waals surface area (Å²) in [4.78, 5) is 58.4. The second kappa shape index (κ2) is 22.1. The molecule has 0 unspecified atom stereocenters. The highest BCUT2D eigenvalue weighted by atomic mass is 19.2. The van der Waals surface area contributed by atoms with Crippen molar-refractivity contribution >= 4 is 84.3 Å². The molecular formula is C66H42F10N6O5. The van der Waals surface area contributed by atoms with Crippen molar-refractivity contribution in [3.05, 3.63) is 216 Å². The van der Waals surface area contributed by atoms with Crippen LogP contribution in [0.5, 0.6) is 0 Å². The van der Waals surface area contributed by atoms with Gasteiger partial charge in [0.2, 0.25) is 17.4 Å². The van der Waals surface area contributed by atoms with Gasteiger partial charge in [-0.05, 0) is 124 Å². The van der Waals surface area contributed by atoms with E-state index in [0.29, 0.717) is 59.3 Å². The van der Waals surface area contributed by atoms with E-state index in [1.807, 2.05) is 38.7 Å². The van der Waals surface area contributed by atoms with Crippen LogP contribution >= 0.6 is 0 Å². The third-order valence-corrected chi connectivity index (χ3v) is 15.3. The lowest BCUT2D eigenvalue weighted by Crippen LogP contribution is -2.23. The van der Waals surface area contributed by atoms with Crippen LogP contribution in [0.25, 0.3) is 101 Å². The first-order valence-electron chi connectivity index (χ1n) is 27.1. The van der Waals surface area contributed by atoms with E-state index in [1.54, 1.807) is 48.5 Å². The van der Waals surface area contributed by atoms with E-state index in [1.165, 1.54) is 60.7 Å². The highest BCUT2D eigenvalue weighted by Gasteiger charge is 2.32. The molecule has 11 nitrogen and oxygen atoms in total. The summed E-state index contributed by atoms with van der Waals surface area (Å²) in [5.41, 5.74) is -4.00. The number of benzene rings is 5. The van der Waals surface area contributed by atoms with E-state index < -0.39 is 103 Å². The monoisotopic (exact) mass is 1190 g/mol. The van der Waals surface area contributed by atoms with Crippen LogP contribution in [-0.4, -0.2) is 51.9 Å². The number of halogens is 10. The number of ketones is 1. The first-order chi connectivity index (χ1) is 41.8. The summed E-state index contributed by atoms with van der Waals surface area (Å²) in [7, 11) is 0. The second-order valence-electron chi connectivity index (χ2n) is 20.1. The zero-order valence-corrected chi connectivity index (χ0v) is 46.0. The molecule has 11 aromatic rings. The van der Waals surface area contributed by atoms with Crippen LogP contribution in [-0.2, 0) is 0 Å². The fourth-order valence-corrected chi connectivity index (χ4v) is 10.9. The van der Waals surface area contributed by atoms with Gasteiger partial charge in [-0.2, -0.15) is 0 Å². The number of aromatic amines is 3. The Hall–Kier alpha value is -10.6. The maximum Gasteiger partial charge on any atom is 0.347 e. The van der Waals surface area contributed by atoms with Crippen molar-refractivity contribution in [2.24, 2.45) is 0 Å². The Morgan fingerprint density at radius 3 is 1.44 bits per heavy atom. The third kappa shape index (κ3) is 9.62. The Kier molecular flexibility index (Phi) is 14.4. The summed E-state index contributed by atoms with van der Waals surface area (Å²) in [5, 5.41) is 0.755. The first kappa shape index (κ1) is 56.8. The molecule has 12 rings (SSSR count). The molecule has 436 valence electrons. The van der Waals surface area contributed by atoms with E-state index >= 15 is 35.1 Å². The molecule has 0 saturated carbocycles. The standard InChI is InChI=1S/C66H42F10N6O5/c1-5-81(6-2)35-16-15-33-26-36(65(84)86-47(33)28-35)64(83)37-27-34-25-32(46(82(7-3)8-4)29-48(34)87-66(37)85)14-11-30-9-12-31(13-10-30)49-40-21-23-44(79-40)50(52-54(67)58(71)62(75)59(72)55(52)68)42-19-17-38(77-42)39-18-20-43(78-39)51(45-24-22-41(49)80-45)53-56(69)60(73)63(76)61(74)57(53)70/h9-10,12-13,15-29,77,79-80H,5-8H2,1-4H3. The van der Waals surface area contributed by atoms with Crippen LogP contribution in [0.3, 0.4) is 0 Å². The quantitative estimate of drug-likeness (QED) is 0.0290. The van der Waals surface area contributed by atoms with Gasteiger partial charge in [-0.3, -0.25) is 4.79 Å².